The summed E-state index contributed by atoms with van der Waals surface area (Å²) in [6, 6.07) is 8.19. The van der Waals surface area contributed by atoms with Crippen molar-refractivity contribution in [3.63, 3.8) is 0 Å². The number of hydrogen-bond donors (Lipinski definition) is 2. The lowest BCUT2D eigenvalue weighted by Gasteiger charge is -2.08. The van der Waals surface area contributed by atoms with Gasteiger partial charge >= 0.3 is 0 Å². The van der Waals surface area contributed by atoms with E-state index in [0.717, 1.165) is 6.07 Å². The van der Waals surface area contributed by atoms with E-state index < -0.39 is 15.8 Å². The number of fused-ring (bicyclic) bond motifs is 1. The van der Waals surface area contributed by atoms with Gasteiger partial charge in [0, 0.05) is 11.6 Å². The highest BCUT2D eigenvalue weighted by Crippen LogP contribution is 2.26. The van der Waals surface area contributed by atoms with Crippen molar-refractivity contribution >= 4 is 38.3 Å². The van der Waals surface area contributed by atoms with Crippen molar-refractivity contribution in [2.45, 2.75) is 4.90 Å². The van der Waals surface area contributed by atoms with Crippen molar-refractivity contribution in [1.82, 2.24) is 9.97 Å². The Morgan fingerprint density at radius 3 is 2.78 bits per heavy atom. The van der Waals surface area contributed by atoms with Crippen LogP contribution in [0.4, 0.5) is 10.1 Å². The number of halogens is 2. The molecule has 2 aromatic heterocycles. The fourth-order valence-corrected chi connectivity index (χ4v) is 3.43. The lowest BCUT2D eigenvalue weighted by atomic mass is 10.2. The smallest absolute Gasteiger partial charge is 0.264 e. The molecule has 1 aromatic carbocycles. The van der Waals surface area contributed by atoms with E-state index in [4.69, 9.17) is 16.9 Å². The lowest BCUT2D eigenvalue weighted by molar-refractivity contribution is 0.599. The maximum Gasteiger partial charge on any atom is 0.264 e. The van der Waals surface area contributed by atoms with Crippen LogP contribution in [0.1, 0.15) is 5.56 Å². The minimum atomic E-state index is -4.04. The number of H-pyrrole nitrogens is 1. The fourth-order valence-electron chi connectivity index (χ4n) is 2.05. The Kier molecular flexibility index (Phi) is 3.67. The lowest BCUT2D eigenvalue weighted by Crippen LogP contribution is -2.13. The Bertz CT molecular complexity index is 1060. The predicted octanol–water partition coefficient (Wildman–Crippen LogP) is 3.03. The summed E-state index contributed by atoms with van der Waals surface area (Å²) in [5.74, 6) is -0.839. The highest BCUT2D eigenvalue weighted by molar-refractivity contribution is 7.93. The Morgan fingerprint density at radius 1 is 1.30 bits per heavy atom. The van der Waals surface area contributed by atoms with Crippen molar-refractivity contribution in [3.05, 3.63) is 53.1 Å². The second kappa shape index (κ2) is 5.53. The number of pyridine rings is 1. The van der Waals surface area contributed by atoms with Crippen molar-refractivity contribution in [2.75, 3.05) is 4.72 Å². The first-order chi connectivity index (χ1) is 10.9. The molecular weight excluding hydrogens is 343 g/mol. The van der Waals surface area contributed by atoms with Crippen LogP contribution in [0.15, 0.2) is 41.4 Å². The zero-order valence-corrected chi connectivity index (χ0v) is 12.9. The molecule has 3 aromatic rings. The third kappa shape index (κ3) is 2.84. The van der Waals surface area contributed by atoms with Crippen molar-refractivity contribution < 1.29 is 12.8 Å². The average Bonchev–Trinajstić information content (AvgIpc) is 2.93. The summed E-state index contributed by atoms with van der Waals surface area (Å²) in [5, 5.41) is 9.25. The zero-order chi connectivity index (χ0) is 16.6. The third-order valence-electron chi connectivity index (χ3n) is 3.10. The van der Waals surface area contributed by atoms with E-state index >= 15 is 0 Å². The van der Waals surface area contributed by atoms with Gasteiger partial charge in [-0.2, -0.15) is 5.26 Å². The highest BCUT2D eigenvalue weighted by atomic mass is 35.5. The highest BCUT2D eigenvalue weighted by Gasteiger charge is 2.21. The molecule has 116 valence electrons. The molecule has 0 aliphatic rings. The van der Waals surface area contributed by atoms with Gasteiger partial charge in [0.25, 0.3) is 10.0 Å². The molecule has 0 saturated heterocycles. The van der Waals surface area contributed by atoms with E-state index in [2.05, 4.69) is 14.7 Å². The minimum absolute atomic E-state index is 0.0829. The first-order valence-corrected chi connectivity index (χ1v) is 8.13. The Balaban J connectivity index is 2.03. The van der Waals surface area contributed by atoms with E-state index in [-0.39, 0.29) is 21.3 Å². The van der Waals surface area contributed by atoms with Crippen LogP contribution in [-0.4, -0.2) is 18.4 Å². The van der Waals surface area contributed by atoms with Gasteiger partial charge < -0.3 is 4.98 Å². The molecule has 2 N–H and O–H groups in total. The maximum absolute atomic E-state index is 13.9. The average molecular weight is 351 g/mol. The summed E-state index contributed by atoms with van der Waals surface area (Å²) in [6.07, 6.45) is 1.25. The van der Waals surface area contributed by atoms with Crippen LogP contribution in [0.5, 0.6) is 0 Å². The van der Waals surface area contributed by atoms with Crippen LogP contribution < -0.4 is 4.72 Å². The molecule has 0 bridgehead atoms. The van der Waals surface area contributed by atoms with Gasteiger partial charge in [0.2, 0.25) is 0 Å². The number of nitrogens with zero attached hydrogens (tertiary/aromatic N) is 2. The molecule has 0 fully saturated rings. The number of nitriles is 1. The number of rotatable bonds is 3. The first-order valence-electron chi connectivity index (χ1n) is 6.27. The summed E-state index contributed by atoms with van der Waals surface area (Å²) in [6.45, 7) is 0. The third-order valence-corrected chi connectivity index (χ3v) is 4.71. The molecule has 0 radical (unpaired) electrons. The number of aromatic amines is 1. The SMILES string of the molecule is N#Cc1ccc(NS(=O)(=O)c2c[nH]c3nc(Cl)ccc23)c(F)c1. The van der Waals surface area contributed by atoms with Crippen LogP contribution in [0.2, 0.25) is 5.15 Å². The van der Waals surface area contributed by atoms with Crippen LogP contribution >= 0.6 is 11.6 Å². The van der Waals surface area contributed by atoms with Gasteiger partial charge in [-0.1, -0.05) is 11.6 Å². The van der Waals surface area contributed by atoms with Gasteiger partial charge in [-0.25, -0.2) is 17.8 Å². The summed E-state index contributed by atoms with van der Waals surface area (Å²) < 4.78 is 40.9. The number of sulfonamides is 1. The summed E-state index contributed by atoms with van der Waals surface area (Å²) >= 11 is 5.75. The molecule has 0 aliphatic carbocycles. The molecule has 6 nitrogen and oxygen atoms in total. The van der Waals surface area contributed by atoms with Gasteiger partial charge in [0.05, 0.1) is 17.3 Å². The summed E-state index contributed by atoms with van der Waals surface area (Å²) in [5.41, 5.74) is 0.148. The summed E-state index contributed by atoms with van der Waals surface area (Å²) in [7, 11) is -4.04. The molecule has 2 heterocycles. The zero-order valence-electron chi connectivity index (χ0n) is 11.3. The molecule has 0 unspecified atom stereocenters. The molecular formula is C14H8ClFN4O2S. The monoisotopic (exact) mass is 350 g/mol. The number of aromatic nitrogens is 2. The number of nitrogens with one attached hydrogen (secondary N) is 2. The van der Waals surface area contributed by atoms with Gasteiger partial charge in [-0.15, -0.1) is 0 Å². The molecule has 9 heteroatoms. The predicted molar refractivity (Wildman–Crippen MR) is 83.0 cm³/mol. The Hall–Kier alpha value is -2.63. The minimum Gasteiger partial charge on any atom is -0.345 e. The van der Waals surface area contributed by atoms with E-state index in [1.54, 1.807) is 6.07 Å². The molecule has 0 spiro atoms. The van der Waals surface area contributed by atoms with Crippen LogP contribution in [-0.2, 0) is 10.0 Å². The first kappa shape index (κ1) is 15.3. The molecule has 23 heavy (non-hydrogen) atoms. The Morgan fingerprint density at radius 2 is 2.09 bits per heavy atom. The number of benzene rings is 1. The van der Waals surface area contributed by atoms with Gasteiger partial charge in [0.15, 0.2) is 0 Å². The maximum atomic E-state index is 13.9. The van der Waals surface area contributed by atoms with E-state index in [1.165, 1.54) is 30.5 Å². The van der Waals surface area contributed by atoms with Crippen LogP contribution in [0.25, 0.3) is 11.0 Å². The van der Waals surface area contributed by atoms with Gasteiger partial charge in [-0.05, 0) is 30.3 Å². The van der Waals surface area contributed by atoms with Crippen LogP contribution in [0, 0.1) is 17.1 Å². The number of hydrogen-bond acceptors (Lipinski definition) is 4. The normalized spacial score (nSPS) is 11.3. The molecule has 0 atom stereocenters. The Labute approximate surface area is 135 Å². The fraction of sp³-hybridized carbons (Fsp3) is 0. The topological polar surface area (TPSA) is 98.6 Å². The van der Waals surface area contributed by atoms with E-state index in [0.29, 0.717) is 11.0 Å². The second-order valence-electron chi connectivity index (χ2n) is 4.59. The van der Waals surface area contributed by atoms with Crippen molar-refractivity contribution in [2.24, 2.45) is 0 Å². The quantitative estimate of drug-likeness (QED) is 0.709. The van der Waals surface area contributed by atoms with Gasteiger partial charge in [0.1, 0.15) is 21.5 Å². The van der Waals surface area contributed by atoms with Crippen molar-refractivity contribution in [3.8, 4) is 6.07 Å². The van der Waals surface area contributed by atoms with Gasteiger partial charge in [-0.3, -0.25) is 4.72 Å². The molecule has 0 saturated carbocycles. The largest absolute Gasteiger partial charge is 0.345 e. The van der Waals surface area contributed by atoms with E-state index in [1.807, 2.05) is 0 Å². The second-order valence-corrected chi connectivity index (χ2v) is 6.63. The molecule has 0 aliphatic heterocycles. The summed E-state index contributed by atoms with van der Waals surface area (Å²) in [4.78, 5) is 6.58. The van der Waals surface area contributed by atoms with Crippen molar-refractivity contribution in [1.29, 1.82) is 5.26 Å². The standard InChI is InChI=1S/C14H8ClFN4O2S/c15-13-4-2-9-12(7-18-14(9)19-13)23(21,22)20-11-3-1-8(6-17)5-10(11)16/h1-5,7,20H,(H,18,19). The van der Waals surface area contributed by atoms with E-state index in [9.17, 15) is 12.8 Å². The molecule has 3 rings (SSSR count). The number of anilines is 1. The molecule has 0 amide bonds. The van der Waals surface area contributed by atoms with Crippen LogP contribution in [0.3, 0.4) is 0 Å².